The zero-order valence-electron chi connectivity index (χ0n) is 17.1. The molecule has 24 heavy (non-hydrogen) atoms. The van der Waals surface area contributed by atoms with Gasteiger partial charge in [-0.05, 0) is 44.8 Å². The second-order valence-corrected chi connectivity index (χ2v) is 7.95. The van der Waals surface area contributed by atoms with Gasteiger partial charge in [-0.15, -0.1) is 0 Å². The number of ether oxygens (including phenoxy) is 1. The van der Waals surface area contributed by atoms with Gasteiger partial charge in [0.2, 0.25) is 0 Å². The predicted molar refractivity (Wildman–Crippen MR) is 101 cm³/mol. The van der Waals surface area contributed by atoms with Crippen molar-refractivity contribution in [1.82, 2.24) is 0 Å². The molecule has 0 N–H and O–H groups in total. The molecule has 1 heterocycles. The lowest BCUT2D eigenvalue weighted by atomic mass is 9.84. The third-order valence-corrected chi connectivity index (χ3v) is 4.25. The van der Waals surface area contributed by atoms with E-state index in [0.717, 1.165) is 18.6 Å². The van der Waals surface area contributed by atoms with E-state index in [0.29, 0.717) is 11.5 Å². The Balaban J connectivity index is 0.000000561. The number of carbonyl (C=O) groups is 2. The topological polar surface area (TPSA) is 43.4 Å². The smallest absolute Gasteiger partial charge is 0.178 e. The minimum atomic E-state index is -0.604. The van der Waals surface area contributed by atoms with Crippen molar-refractivity contribution >= 4 is 11.6 Å². The number of hydrogen-bond donors (Lipinski definition) is 0. The molecule has 1 unspecified atom stereocenters. The fraction of sp³-hybridized carbons (Fsp3) is 0.714. The van der Waals surface area contributed by atoms with Crippen molar-refractivity contribution in [1.29, 1.82) is 0 Å². The Kier molecular flexibility index (Phi) is 8.67. The largest absolute Gasteiger partial charge is 0.484 e. The molecule has 0 spiro atoms. The quantitative estimate of drug-likeness (QED) is 0.623. The maximum absolute atomic E-state index is 12.1. The van der Waals surface area contributed by atoms with Crippen LogP contribution in [0.4, 0.5) is 0 Å². The molecule has 138 valence electrons. The van der Waals surface area contributed by atoms with E-state index >= 15 is 0 Å². The minimum absolute atomic E-state index is 0.0387. The predicted octanol–water partition coefficient (Wildman–Crippen LogP) is 5.50. The van der Waals surface area contributed by atoms with Crippen molar-refractivity contribution in [2.24, 2.45) is 17.8 Å². The van der Waals surface area contributed by atoms with Crippen LogP contribution in [0.25, 0.3) is 0 Å². The second-order valence-electron chi connectivity index (χ2n) is 7.95. The van der Waals surface area contributed by atoms with Gasteiger partial charge < -0.3 is 4.74 Å². The average molecular weight is 337 g/mol. The molecular formula is C21H36O3. The zero-order chi connectivity index (χ0) is 19.2. The molecule has 0 aromatic heterocycles. The molecule has 3 nitrogen and oxygen atoms in total. The van der Waals surface area contributed by atoms with Gasteiger partial charge in [0.25, 0.3) is 0 Å². The van der Waals surface area contributed by atoms with Crippen molar-refractivity contribution in [2.45, 2.75) is 80.8 Å². The number of ketones is 2. The maximum atomic E-state index is 12.1. The van der Waals surface area contributed by atoms with Crippen LogP contribution >= 0.6 is 0 Å². The van der Waals surface area contributed by atoms with Gasteiger partial charge in [0, 0.05) is 17.8 Å². The molecule has 0 radical (unpaired) electrons. The van der Waals surface area contributed by atoms with Crippen LogP contribution in [0.1, 0.15) is 75.2 Å². The highest BCUT2D eigenvalue weighted by Gasteiger charge is 2.40. The highest BCUT2D eigenvalue weighted by atomic mass is 16.5. The van der Waals surface area contributed by atoms with Crippen LogP contribution in [0.3, 0.4) is 0 Å². The summed E-state index contributed by atoms with van der Waals surface area (Å²) in [5.41, 5.74) is 1.34. The van der Waals surface area contributed by atoms with Crippen molar-refractivity contribution in [2.75, 3.05) is 0 Å². The van der Waals surface area contributed by atoms with Crippen LogP contribution in [0.2, 0.25) is 0 Å². The summed E-state index contributed by atoms with van der Waals surface area (Å²) in [6, 6.07) is 0. The van der Waals surface area contributed by atoms with E-state index in [2.05, 4.69) is 27.4 Å². The molecule has 0 saturated heterocycles. The monoisotopic (exact) mass is 336 g/mol. The van der Waals surface area contributed by atoms with Crippen LogP contribution < -0.4 is 0 Å². The Morgan fingerprint density at radius 3 is 1.88 bits per heavy atom. The Morgan fingerprint density at radius 1 is 1.08 bits per heavy atom. The molecular weight excluding hydrogens is 300 g/mol. The number of rotatable bonds is 5. The van der Waals surface area contributed by atoms with Crippen molar-refractivity contribution < 1.29 is 14.3 Å². The number of Topliss-reactive ketones (excluding diaryl/α,β-unsaturated/α-hetero) is 2. The maximum Gasteiger partial charge on any atom is 0.178 e. The molecule has 1 aliphatic heterocycles. The highest BCUT2D eigenvalue weighted by molar-refractivity contribution is 5.95. The first-order valence-electron chi connectivity index (χ1n) is 8.96. The van der Waals surface area contributed by atoms with Crippen LogP contribution in [-0.4, -0.2) is 17.2 Å². The zero-order valence-corrected chi connectivity index (χ0v) is 17.1. The summed E-state index contributed by atoms with van der Waals surface area (Å²) in [5.74, 6) is 1.90. The Bertz CT molecular complexity index is 509. The Morgan fingerprint density at radius 2 is 1.58 bits per heavy atom. The van der Waals surface area contributed by atoms with E-state index in [1.165, 1.54) is 5.57 Å². The molecule has 0 amide bonds. The molecule has 0 fully saturated rings. The number of hydrogen-bond acceptors (Lipinski definition) is 3. The number of carbonyl (C=O) groups excluding carboxylic acids is 2. The lowest BCUT2D eigenvalue weighted by Crippen LogP contribution is -2.43. The molecule has 0 saturated carbocycles. The van der Waals surface area contributed by atoms with Crippen molar-refractivity contribution in [3.05, 3.63) is 23.5 Å². The van der Waals surface area contributed by atoms with Gasteiger partial charge in [-0.25, -0.2) is 0 Å². The van der Waals surface area contributed by atoms with Gasteiger partial charge in [0.1, 0.15) is 0 Å². The van der Waals surface area contributed by atoms with E-state index in [4.69, 9.17) is 4.74 Å². The van der Waals surface area contributed by atoms with Gasteiger partial charge >= 0.3 is 0 Å². The van der Waals surface area contributed by atoms with E-state index in [1.54, 1.807) is 6.92 Å². The Labute approximate surface area is 148 Å². The van der Waals surface area contributed by atoms with Gasteiger partial charge in [0.15, 0.2) is 17.2 Å². The molecule has 1 aliphatic rings. The molecule has 1 atom stereocenters. The third kappa shape index (κ3) is 6.26. The molecule has 0 aromatic rings. The minimum Gasteiger partial charge on any atom is -0.484 e. The summed E-state index contributed by atoms with van der Waals surface area (Å²) in [7, 11) is 0. The fourth-order valence-corrected chi connectivity index (χ4v) is 2.82. The Hall–Kier alpha value is -1.38. The fourth-order valence-electron chi connectivity index (χ4n) is 2.82. The van der Waals surface area contributed by atoms with Crippen LogP contribution in [-0.2, 0) is 14.3 Å². The van der Waals surface area contributed by atoms with Crippen LogP contribution in [0.15, 0.2) is 23.5 Å². The summed E-state index contributed by atoms with van der Waals surface area (Å²) in [6.45, 7) is 21.2. The lowest BCUT2D eigenvalue weighted by Gasteiger charge is -2.37. The van der Waals surface area contributed by atoms with E-state index in [1.807, 2.05) is 34.6 Å². The molecule has 1 rings (SSSR count). The first-order valence-corrected chi connectivity index (χ1v) is 8.96. The van der Waals surface area contributed by atoms with Gasteiger partial charge in [-0.3, -0.25) is 9.59 Å². The summed E-state index contributed by atoms with van der Waals surface area (Å²) < 4.78 is 6.00. The van der Waals surface area contributed by atoms with E-state index in [9.17, 15) is 9.59 Å². The summed E-state index contributed by atoms with van der Waals surface area (Å²) in [4.78, 5) is 22.9. The summed E-state index contributed by atoms with van der Waals surface area (Å²) >= 11 is 0. The standard InChI is InChI=1S/C14H24O2.C7H12O/c1-9(2)12-11(5)7-8-14(6,16-12)13(15)10(3)4;1-5(2)7(8)6(3)4/h9-10H,7-8H2,1-6H3;6H,1H2,2-4H3. The van der Waals surface area contributed by atoms with Crippen LogP contribution in [0, 0.1) is 17.8 Å². The normalized spacial score (nSPS) is 20.7. The molecule has 0 bridgehead atoms. The summed E-state index contributed by atoms with van der Waals surface area (Å²) in [5, 5.41) is 0. The first-order chi connectivity index (χ1) is 10.8. The van der Waals surface area contributed by atoms with E-state index < -0.39 is 5.60 Å². The average Bonchev–Trinajstić information content (AvgIpc) is 2.48. The summed E-state index contributed by atoms with van der Waals surface area (Å²) in [6.07, 6.45) is 1.79. The van der Waals surface area contributed by atoms with Gasteiger partial charge in [-0.1, -0.05) is 48.1 Å². The van der Waals surface area contributed by atoms with Crippen LogP contribution in [0.5, 0.6) is 0 Å². The SMILES string of the molecule is C=C(C)C(=O)C(C)C.CC1=C(C(C)C)OC(C)(C(=O)C(C)C)CC1. The highest BCUT2D eigenvalue weighted by Crippen LogP contribution is 2.36. The molecule has 3 heteroatoms. The van der Waals surface area contributed by atoms with Gasteiger partial charge in [-0.2, -0.15) is 0 Å². The van der Waals surface area contributed by atoms with Gasteiger partial charge in [0.05, 0.1) is 5.76 Å². The lowest BCUT2D eigenvalue weighted by molar-refractivity contribution is -0.144. The first kappa shape index (κ1) is 22.6. The molecule has 0 aromatic carbocycles. The van der Waals surface area contributed by atoms with Crippen molar-refractivity contribution in [3.8, 4) is 0 Å². The molecule has 0 aliphatic carbocycles. The number of allylic oxidation sites excluding steroid dienone is 3. The van der Waals surface area contributed by atoms with E-state index in [-0.39, 0.29) is 23.4 Å². The van der Waals surface area contributed by atoms with Crippen molar-refractivity contribution in [3.63, 3.8) is 0 Å². The second kappa shape index (κ2) is 9.19. The third-order valence-electron chi connectivity index (χ3n) is 4.25.